The van der Waals surface area contributed by atoms with Crippen molar-refractivity contribution < 1.29 is 28.6 Å². The van der Waals surface area contributed by atoms with Gasteiger partial charge in [0.1, 0.15) is 16.8 Å². The number of esters is 3. The first-order valence-corrected chi connectivity index (χ1v) is 9.98. The highest BCUT2D eigenvalue weighted by Crippen LogP contribution is 2.11. The van der Waals surface area contributed by atoms with Crippen molar-refractivity contribution in [1.29, 1.82) is 0 Å². The summed E-state index contributed by atoms with van der Waals surface area (Å²) in [5.41, 5.74) is -1.79. The number of nitrogens with one attached hydrogen (secondary N) is 1. The largest absolute Gasteiger partial charge is 0.459 e. The smallest absolute Gasteiger partial charge is 0.320 e. The summed E-state index contributed by atoms with van der Waals surface area (Å²) in [6.07, 6.45) is 0. The van der Waals surface area contributed by atoms with Gasteiger partial charge in [-0.1, -0.05) is 0 Å². The summed E-state index contributed by atoms with van der Waals surface area (Å²) >= 11 is 0. The Kier molecular flexibility index (Phi) is 10.3. The minimum atomic E-state index is -0.618. The first-order chi connectivity index (χ1) is 12.9. The number of nitrogens with zero attached hydrogens (tertiary/aromatic N) is 1. The van der Waals surface area contributed by atoms with E-state index >= 15 is 0 Å². The van der Waals surface area contributed by atoms with Gasteiger partial charge in [0.2, 0.25) is 0 Å². The van der Waals surface area contributed by atoms with Crippen molar-refractivity contribution in [2.45, 2.75) is 92.1 Å². The zero-order chi connectivity index (χ0) is 23.0. The van der Waals surface area contributed by atoms with Gasteiger partial charge in [0.15, 0.2) is 0 Å². The zero-order valence-corrected chi connectivity index (χ0v) is 19.8. The molecule has 0 saturated carbocycles. The van der Waals surface area contributed by atoms with Crippen LogP contribution >= 0.6 is 0 Å². The highest BCUT2D eigenvalue weighted by molar-refractivity contribution is 5.75. The van der Waals surface area contributed by atoms with Gasteiger partial charge in [-0.3, -0.25) is 19.3 Å². The Morgan fingerprint density at radius 2 is 1.07 bits per heavy atom. The van der Waals surface area contributed by atoms with Crippen molar-refractivity contribution in [2.24, 2.45) is 0 Å². The molecule has 170 valence electrons. The lowest BCUT2D eigenvalue weighted by Gasteiger charge is -2.30. The third kappa shape index (κ3) is 15.9. The molecule has 0 aliphatic rings. The molecular weight excluding hydrogens is 376 g/mol. The van der Waals surface area contributed by atoms with E-state index in [1.165, 1.54) is 0 Å². The summed E-state index contributed by atoms with van der Waals surface area (Å²) in [4.78, 5) is 38.0. The number of hydrogen-bond donors (Lipinski definition) is 1. The molecule has 8 heteroatoms. The van der Waals surface area contributed by atoms with Gasteiger partial charge in [0.25, 0.3) is 0 Å². The number of ether oxygens (including phenoxy) is 3. The van der Waals surface area contributed by atoms with E-state index in [1.54, 1.807) is 67.2 Å². The predicted octanol–water partition coefficient (Wildman–Crippen LogP) is 2.29. The van der Waals surface area contributed by atoms with Crippen LogP contribution in [0.4, 0.5) is 0 Å². The second-order valence-electron chi connectivity index (χ2n) is 10.1. The molecule has 0 radical (unpaired) electrons. The molecule has 0 aromatic carbocycles. The van der Waals surface area contributed by atoms with E-state index in [0.29, 0.717) is 6.54 Å². The predicted molar refractivity (Wildman–Crippen MR) is 111 cm³/mol. The highest BCUT2D eigenvalue weighted by atomic mass is 16.6. The van der Waals surface area contributed by atoms with E-state index in [1.807, 2.05) is 6.92 Å². The first-order valence-electron chi connectivity index (χ1n) is 9.98. The minimum Gasteiger partial charge on any atom is -0.459 e. The summed E-state index contributed by atoms with van der Waals surface area (Å²) in [5, 5.41) is 3.01. The van der Waals surface area contributed by atoms with Crippen LogP contribution in [-0.2, 0) is 28.6 Å². The second-order valence-corrected chi connectivity index (χ2v) is 10.1. The summed E-state index contributed by atoms with van der Waals surface area (Å²) in [6.45, 7) is 18.3. The van der Waals surface area contributed by atoms with E-state index in [0.717, 1.165) is 0 Å². The van der Waals surface area contributed by atoms with Crippen molar-refractivity contribution in [3.05, 3.63) is 0 Å². The van der Waals surface area contributed by atoms with Gasteiger partial charge < -0.3 is 19.5 Å². The SMILES string of the molecule is C[C@@H](CNCC(=O)OC(C)(C)C)N(CC(=O)OC(C)(C)C)CC(=O)OC(C)(C)C. The normalized spacial score (nSPS) is 13.8. The molecule has 8 nitrogen and oxygen atoms in total. The van der Waals surface area contributed by atoms with Gasteiger partial charge in [0.05, 0.1) is 19.6 Å². The van der Waals surface area contributed by atoms with Crippen LogP contribution in [0.5, 0.6) is 0 Å². The topological polar surface area (TPSA) is 94.2 Å². The summed E-state index contributed by atoms with van der Waals surface area (Å²) in [5.74, 6) is -1.23. The van der Waals surface area contributed by atoms with E-state index in [4.69, 9.17) is 14.2 Å². The lowest BCUT2D eigenvalue weighted by molar-refractivity contribution is -0.161. The fourth-order valence-corrected chi connectivity index (χ4v) is 2.34. The molecule has 0 amide bonds. The third-order valence-electron chi connectivity index (χ3n) is 3.26. The number of carbonyl (C=O) groups excluding carboxylic acids is 3. The number of rotatable bonds is 9. The van der Waals surface area contributed by atoms with Crippen LogP contribution in [0.1, 0.15) is 69.2 Å². The Morgan fingerprint density at radius 1 is 0.724 bits per heavy atom. The summed E-state index contributed by atoms with van der Waals surface area (Å²) < 4.78 is 16.0. The van der Waals surface area contributed by atoms with Crippen LogP contribution in [0.25, 0.3) is 0 Å². The molecule has 0 fully saturated rings. The van der Waals surface area contributed by atoms with Crippen LogP contribution in [0.3, 0.4) is 0 Å². The molecule has 0 aromatic heterocycles. The van der Waals surface area contributed by atoms with Gasteiger partial charge >= 0.3 is 17.9 Å². The molecule has 29 heavy (non-hydrogen) atoms. The Balaban J connectivity index is 4.90. The molecule has 0 bridgehead atoms. The van der Waals surface area contributed by atoms with Crippen LogP contribution in [-0.4, -0.2) is 71.8 Å². The van der Waals surface area contributed by atoms with Gasteiger partial charge in [-0.25, -0.2) is 0 Å². The molecule has 0 spiro atoms. The monoisotopic (exact) mass is 416 g/mol. The van der Waals surface area contributed by atoms with Crippen LogP contribution in [0.15, 0.2) is 0 Å². The molecule has 0 aromatic rings. The van der Waals surface area contributed by atoms with Gasteiger partial charge in [0, 0.05) is 12.6 Å². The van der Waals surface area contributed by atoms with Crippen molar-refractivity contribution in [1.82, 2.24) is 10.2 Å². The molecule has 0 unspecified atom stereocenters. The standard InChI is InChI=1S/C21H40N2O6/c1-15(11-22-12-16(24)27-19(2,3)4)23(13-17(25)28-20(5,6)7)14-18(26)29-21(8,9)10/h15,22H,11-14H2,1-10H3/t15-/m0/s1. The third-order valence-corrected chi connectivity index (χ3v) is 3.26. The van der Waals surface area contributed by atoms with Crippen LogP contribution in [0, 0.1) is 0 Å². The summed E-state index contributed by atoms with van der Waals surface area (Å²) in [7, 11) is 0. The molecule has 0 heterocycles. The van der Waals surface area contributed by atoms with Gasteiger partial charge in [-0.05, 0) is 69.2 Å². The number of hydrogen-bond acceptors (Lipinski definition) is 8. The molecule has 0 aliphatic carbocycles. The molecule has 1 N–H and O–H groups in total. The molecule has 0 aliphatic heterocycles. The summed E-state index contributed by atoms with van der Waals surface area (Å²) in [6, 6.07) is -0.225. The zero-order valence-electron chi connectivity index (χ0n) is 19.8. The second kappa shape index (κ2) is 10.9. The van der Waals surface area contributed by atoms with E-state index in [2.05, 4.69) is 5.32 Å². The van der Waals surface area contributed by atoms with Crippen molar-refractivity contribution in [2.75, 3.05) is 26.2 Å². The van der Waals surface area contributed by atoms with Gasteiger partial charge in [-0.15, -0.1) is 0 Å². The Bertz CT molecular complexity index is 525. The molecule has 0 rings (SSSR count). The maximum Gasteiger partial charge on any atom is 0.320 e. The lowest BCUT2D eigenvalue weighted by Crippen LogP contribution is -2.48. The van der Waals surface area contributed by atoms with Crippen LogP contribution < -0.4 is 5.32 Å². The molecular formula is C21H40N2O6. The van der Waals surface area contributed by atoms with E-state index in [9.17, 15) is 14.4 Å². The van der Waals surface area contributed by atoms with Gasteiger partial charge in [-0.2, -0.15) is 0 Å². The van der Waals surface area contributed by atoms with Crippen molar-refractivity contribution in [3.8, 4) is 0 Å². The average molecular weight is 417 g/mol. The highest BCUT2D eigenvalue weighted by Gasteiger charge is 2.26. The maximum absolute atomic E-state index is 12.3. The number of carbonyl (C=O) groups is 3. The van der Waals surface area contributed by atoms with Crippen molar-refractivity contribution in [3.63, 3.8) is 0 Å². The Labute approximate surface area is 175 Å². The Morgan fingerprint density at radius 3 is 1.41 bits per heavy atom. The fraction of sp³-hybridized carbons (Fsp3) is 0.857. The maximum atomic E-state index is 12.3. The van der Waals surface area contributed by atoms with E-state index in [-0.39, 0.29) is 31.6 Å². The minimum absolute atomic E-state index is 0.0360. The lowest BCUT2D eigenvalue weighted by atomic mass is 10.2. The molecule has 0 saturated heterocycles. The van der Waals surface area contributed by atoms with E-state index < -0.39 is 28.7 Å². The quantitative estimate of drug-likeness (QED) is 0.452. The fourth-order valence-electron chi connectivity index (χ4n) is 2.34. The van der Waals surface area contributed by atoms with Crippen LogP contribution in [0.2, 0.25) is 0 Å². The Hall–Kier alpha value is -1.67. The van der Waals surface area contributed by atoms with Crippen molar-refractivity contribution >= 4 is 17.9 Å². The molecule has 1 atom stereocenters. The first kappa shape index (κ1) is 27.3. The average Bonchev–Trinajstić information content (AvgIpc) is 2.40.